The second kappa shape index (κ2) is 11.4. The van der Waals surface area contributed by atoms with Crippen LogP contribution in [-0.4, -0.2) is 53.7 Å². The van der Waals surface area contributed by atoms with Gasteiger partial charge in [0.05, 0.1) is 23.2 Å². The van der Waals surface area contributed by atoms with E-state index in [4.69, 9.17) is 23.2 Å². The zero-order valence-electron chi connectivity index (χ0n) is 17.0. The summed E-state index contributed by atoms with van der Waals surface area (Å²) in [6.45, 7) is 5.50. The number of piperidine rings is 1. The van der Waals surface area contributed by atoms with Gasteiger partial charge in [-0.1, -0.05) is 37.0 Å². The van der Waals surface area contributed by atoms with E-state index in [1.807, 2.05) is 13.8 Å². The molecule has 1 unspecified atom stereocenters. The number of anilines is 1. The third-order valence-electron chi connectivity index (χ3n) is 4.93. The zero-order chi connectivity index (χ0) is 21.4. The molecule has 1 fully saturated rings. The quantitative estimate of drug-likeness (QED) is 0.656. The van der Waals surface area contributed by atoms with Gasteiger partial charge in [0.2, 0.25) is 17.7 Å². The highest BCUT2D eigenvalue weighted by Gasteiger charge is 2.31. The lowest BCUT2D eigenvalue weighted by Gasteiger charge is -2.35. The number of nitrogens with zero attached hydrogens (tertiary/aromatic N) is 2. The zero-order valence-corrected chi connectivity index (χ0v) is 18.6. The van der Waals surface area contributed by atoms with Crippen LogP contribution in [-0.2, 0) is 14.4 Å². The molecule has 1 heterocycles. The first-order valence-electron chi connectivity index (χ1n) is 10.2. The monoisotopic (exact) mass is 441 g/mol. The van der Waals surface area contributed by atoms with E-state index < -0.39 is 0 Å². The van der Waals surface area contributed by atoms with E-state index in [0.717, 1.165) is 25.7 Å². The number of carbonyl (C=O) groups excluding carboxylic acids is 3. The van der Waals surface area contributed by atoms with Crippen LogP contribution in [0.4, 0.5) is 5.69 Å². The fourth-order valence-electron chi connectivity index (χ4n) is 3.53. The number of hydrogen-bond acceptors (Lipinski definition) is 3. The second-order valence-electron chi connectivity index (χ2n) is 7.36. The van der Waals surface area contributed by atoms with Gasteiger partial charge in [-0.25, -0.2) is 0 Å². The molecule has 0 radical (unpaired) electrons. The Morgan fingerprint density at radius 2 is 1.97 bits per heavy atom. The molecule has 1 aromatic rings. The normalized spacial score (nSPS) is 16.4. The van der Waals surface area contributed by atoms with Crippen molar-refractivity contribution in [3.8, 4) is 0 Å². The maximum absolute atomic E-state index is 13.1. The minimum Gasteiger partial charge on any atom is -0.342 e. The molecular formula is C21H29Cl2N3O3. The summed E-state index contributed by atoms with van der Waals surface area (Å²) in [6, 6.07) is 4.83. The van der Waals surface area contributed by atoms with Crippen LogP contribution >= 0.6 is 23.2 Å². The van der Waals surface area contributed by atoms with Gasteiger partial charge in [0, 0.05) is 31.1 Å². The van der Waals surface area contributed by atoms with Crippen LogP contribution in [0.5, 0.6) is 0 Å². The summed E-state index contributed by atoms with van der Waals surface area (Å²) in [6.07, 6.45) is 3.58. The highest BCUT2D eigenvalue weighted by molar-refractivity contribution is 6.36. The maximum Gasteiger partial charge on any atom is 0.244 e. The maximum atomic E-state index is 13.1. The summed E-state index contributed by atoms with van der Waals surface area (Å²) in [4.78, 5) is 41.2. The lowest BCUT2D eigenvalue weighted by atomic mass is 9.96. The van der Waals surface area contributed by atoms with E-state index in [2.05, 4.69) is 5.32 Å². The summed E-state index contributed by atoms with van der Waals surface area (Å²) >= 11 is 12.0. The third-order valence-corrected chi connectivity index (χ3v) is 5.48. The number of rotatable bonds is 8. The number of nitrogens with one attached hydrogen (secondary N) is 1. The van der Waals surface area contributed by atoms with E-state index in [-0.39, 0.29) is 30.2 Å². The molecule has 1 atom stereocenters. The van der Waals surface area contributed by atoms with Crippen molar-refractivity contribution in [2.75, 3.05) is 31.5 Å². The minimum atomic E-state index is -0.314. The average molecular weight is 442 g/mol. The lowest BCUT2D eigenvalue weighted by molar-refractivity contribution is -0.142. The van der Waals surface area contributed by atoms with E-state index in [1.54, 1.807) is 28.0 Å². The van der Waals surface area contributed by atoms with E-state index in [1.165, 1.54) is 0 Å². The highest BCUT2D eigenvalue weighted by Crippen LogP contribution is 2.25. The van der Waals surface area contributed by atoms with Crippen molar-refractivity contribution >= 4 is 46.6 Å². The van der Waals surface area contributed by atoms with Gasteiger partial charge in [0.1, 0.15) is 0 Å². The molecule has 0 aliphatic carbocycles. The molecule has 2 rings (SSSR count). The Kier molecular flexibility index (Phi) is 9.24. The molecule has 1 aliphatic rings. The number of carbonyl (C=O) groups is 3. The van der Waals surface area contributed by atoms with Crippen LogP contribution in [0.2, 0.25) is 10.0 Å². The molecule has 8 heteroatoms. The predicted molar refractivity (Wildman–Crippen MR) is 116 cm³/mol. The summed E-state index contributed by atoms with van der Waals surface area (Å²) in [5.41, 5.74) is 0.457. The second-order valence-corrected chi connectivity index (χ2v) is 8.20. The van der Waals surface area contributed by atoms with Crippen LogP contribution in [0.1, 0.15) is 46.0 Å². The van der Waals surface area contributed by atoms with Crippen molar-refractivity contribution < 1.29 is 14.4 Å². The molecule has 6 nitrogen and oxygen atoms in total. The van der Waals surface area contributed by atoms with E-state index >= 15 is 0 Å². The van der Waals surface area contributed by atoms with Crippen molar-refractivity contribution in [2.24, 2.45) is 5.92 Å². The summed E-state index contributed by atoms with van der Waals surface area (Å²) in [5, 5.41) is 3.57. The summed E-state index contributed by atoms with van der Waals surface area (Å²) < 4.78 is 0. The van der Waals surface area contributed by atoms with Crippen LogP contribution in [0.3, 0.4) is 0 Å². The van der Waals surface area contributed by atoms with Gasteiger partial charge in [-0.2, -0.15) is 0 Å². The van der Waals surface area contributed by atoms with Crippen LogP contribution < -0.4 is 5.32 Å². The fourth-order valence-corrected chi connectivity index (χ4v) is 3.98. The number of halogens is 2. The molecule has 3 amide bonds. The van der Waals surface area contributed by atoms with Crippen molar-refractivity contribution in [1.82, 2.24) is 9.80 Å². The van der Waals surface area contributed by atoms with Crippen LogP contribution in [0, 0.1) is 5.92 Å². The Balaban J connectivity index is 2.00. The molecule has 0 bridgehead atoms. The SMILES string of the molecule is CCCC(=O)N1CCCC(C(=O)N(CCC)CC(=O)Nc2ccc(Cl)cc2Cl)C1. The largest absolute Gasteiger partial charge is 0.342 e. The number of amides is 3. The smallest absolute Gasteiger partial charge is 0.244 e. The van der Waals surface area contributed by atoms with Gasteiger partial charge >= 0.3 is 0 Å². The minimum absolute atomic E-state index is 0.0506. The third kappa shape index (κ3) is 6.89. The molecule has 1 aliphatic heterocycles. The molecule has 29 heavy (non-hydrogen) atoms. The van der Waals surface area contributed by atoms with Crippen molar-refractivity contribution in [1.29, 1.82) is 0 Å². The van der Waals surface area contributed by atoms with Crippen molar-refractivity contribution in [2.45, 2.75) is 46.0 Å². The lowest BCUT2D eigenvalue weighted by Crippen LogP contribution is -2.48. The first-order chi connectivity index (χ1) is 13.8. The number of benzene rings is 1. The molecule has 1 aromatic carbocycles. The van der Waals surface area contributed by atoms with Gasteiger partial charge in [-0.3, -0.25) is 14.4 Å². The Labute approximate surface area is 182 Å². The molecule has 0 spiro atoms. The van der Waals surface area contributed by atoms with Gasteiger partial charge in [-0.05, 0) is 43.9 Å². The van der Waals surface area contributed by atoms with Gasteiger partial charge in [-0.15, -0.1) is 0 Å². The molecule has 1 N–H and O–H groups in total. The van der Waals surface area contributed by atoms with Gasteiger partial charge in [0.25, 0.3) is 0 Å². The summed E-state index contributed by atoms with van der Waals surface area (Å²) in [5.74, 6) is -0.547. The molecule has 0 saturated carbocycles. The average Bonchev–Trinajstić information content (AvgIpc) is 2.69. The Morgan fingerprint density at radius 1 is 1.21 bits per heavy atom. The van der Waals surface area contributed by atoms with Crippen molar-refractivity contribution in [3.05, 3.63) is 28.2 Å². The van der Waals surface area contributed by atoms with Crippen LogP contribution in [0.25, 0.3) is 0 Å². The predicted octanol–water partition coefficient (Wildman–Crippen LogP) is 4.21. The molecule has 160 valence electrons. The fraction of sp³-hybridized carbons (Fsp3) is 0.571. The first kappa shape index (κ1) is 23.5. The number of hydrogen-bond donors (Lipinski definition) is 1. The molecule has 1 saturated heterocycles. The highest BCUT2D eigenvalue weighted by atomic mass is 35.5. The number of likely N-dealkylation sites (tertiary alicyclic amines) is 1. The summed E-state index contributed by atoms with van der Waals surface area (Å²) in [7, 11) is 0. The standard InChI is InChI=1S/C21H29Cl2N3O3/c1-3-6-20(28)25-11-5-7-15(13-25)21(29)26(10-4-2)14-19(27)24-18-9-8-16(22)12-17(18)23/h8-9,12,15H,3-7,10-11,13-14H2,1-2H3,(H,24,27). The molecule has 0 aromatic heterocycles. The Hall–Kier alpha value is -1.79. The topological polar surface area (TPSA) is 69.7 Å². The molecular weight excluding hydrogens is 413 g/mol. The van der Waals surface area contributed by atoms with Gasteiger partial charge < -0.3 is 15.1 Å². The van der Waals surface area contributed by atoms with Gasteiger partial charge in [0.15, 0.2) is 0 Å². The van der Waals surface area contributed by atoms with E-state index in [0.29, 0.717) is 41.8 Å². The van der Waals surface area contributed by atoms with Crippen LogP contribution in [0.15, 0.2) is 18.2 Å². The Morgan fingerprint density at radius 3 is 2.62 bits per heavy atom. The van der Waals surface area contributed by atoms with E-state index in [9.17, 15) is 14.4 Å². The first-order valence-corrected chi connectivity index (χ1v) is 10.9. The Bertz CT molecular complexity index is 742. The van der Waals surface area contributed by atoms with Crippen molar-refractivity contribution in [3.63, 3.8) is 0 Å².